The maximum Gasteiger partial charge on any atom is 0.146 e. The van der Waals surface area contributed by atoms with Crippen molar-refractivity contribution in [3.63, 3.8) is 0 Å². The highest BCUT2D eigenvalue weighted by molar-refractivity contribution is 5.18. The molecule has 0 N–H and O–H groups in total. The second-order valence-corrected chi connectivity index (χ2v) is 5.02. The van der Waals surface area contributed by atoms with Crippen LogP contribution in [0.3, 0.4) is 0 Å². The van der Waals surface area contributed by atoms with E-state index in [1.165, 1.54) is 12.0 Å². The largest absolute Gasteiger partial charge is 0.355 e. The van der Waals surface area contributed by atoms with Crippen molar-refractivity contribution in [2.75, 3.05) is 20.0 Å². The Bertz CT molecular complexity index is 249. The van der Waals surface area contributed by atoms with Gasteiger partial charge in [-0.15, -0.1) is 0 Å². The predicted molar refractivity (Wildman–Crippen MR) is 56.0 cm³/mol. The number of hydrogen-bond donors (Lipinski definition) is 0. The van der Waals surface area contributed by atoms with E-state index in [-0.39, 0.29) is 5.41 Å². The molecule has 1 aliphatic carbocycles. The second-order valence-electron chi connectivity index (χ2n) is 5.02. The molecule has 1 unspecified atom stereocenters. The lowest BCUT2D eigenvalue weighted by Gasteiger charge is -2.45. The van der Waals surface area contributed by atoms with Crippen LogP contribution in [0.25, 0.3) is 0 Å². The normalized spacial score (nSPS) is 32.4. The van der Waals surface area contributed by atoms with Gasteiger partial charge in [0, 0.05) is 5.41 Å². The van der Waals surface area contributed by atoms with E-state index in [1.54, 1.807) is 5.57 Å². The Morgan fingerprint density at radius 2 is 1.79 bits per heavy atom. The quantitative estimate of drug-likeness (QED) is 0.555. The Hall–Kier alpha value is -0.340. The monoisotopic (exact) mass is 196 g/mol. The number of rotatable bonds is 0. The van der Waals surface area contributed by atoms with E-state index in [2.05, 4.69) is 20.8 Å². The molecule has 0 radical (unpaired) electrons. The highest BCUT2D eigenvalue weighted by atomic mass is 16.7. The summed E-state index contributed by atoms with van der Waals surface area (Å²) < 4.78 is 10.9. The van der Waals surface area contributed by atoms with E-state index in [4.69, 9.17) is 9.47 Å². The number of allylic oxidation sites excluding steroid dienone is 2. The van der Waals surface area contributed by atoms with Crippen LogP contribution in [0.2, 0.25) is 0 Å². The van der Waals surface area contributed by atoms with Gasteiger partial charge < -0.3 is 9.47 Å². The molecular formula is C12H20O2. The van der Waals surface area contributed by atoms with Crippen LogP contribution in [0.15, 0.2) is 11.1 Å². The Morgan fingerprint density at radius 1 is 1.14 bits per heavy atom. The Balaban J connectivity index is 2.19. The van der Waals surface area contributed by atoms with Crippen molar-refractivity contribution in [2.45, 2.75) is 33.6 Å². The number of ether oxygens (including phenoxy) is 2. The van der Waals surface area contributed by atoms with E-state index >= 15 is 0 Å². The molecule has 0 saturated carbocycles. The minimum absolute atomic E-state index is 0.266. The van der Waals surface area contributed by atoms with Crippen molar-refractivity contribution in [2.24, 2.45) is 11.3 Å². The van der Waals surface area contributed by atoms with Crippen LogP contribution in [0.1, 0.15) is 33.6 Å². The van der Waals surface area contributed by atoms with Crippen molar-refractivity contribution in [1.29, 1.82) is 0 Å². The smallest absolute Gasteiger partial charge is 0.146 e. The molecule has 1 atom stereocenters. The molecule has 1 saturated heterocycles. The summed E-state index contributed by atoms with van der Waals surface area (Å²) >= 11 is 0. The topological polar surface area (TPSA) is 18.5 Å². The first-order chi connectivity index (χ1) is 6.64. The van der Waals surface area contributed by atoms with E-state index in [1.807, 2.05) is 0 Å². The lowest BCUT2D eigenvalue weighted by molar-refractivity contribution is -0.181. The molecule has 14 heavy (non-hydrogen) atoms. The van der Waals surface area contributed by atoms with Crippen molar-refractivity contribution in [3.8, 4) is 0 Å². The molecule has 1 spiro atoms. The van der Waals surface area contributed by atoms with E-state index in [0.717, 1.165) is 19.6 Å². The molecule has 0 aromatic rings. The van der Waals surface area contributed by atoms with Crippen molar-refractivity contribution >= 4 is 0 Å². The van der Waals surface area contributed by atoms with Crippen LogP contribution >= 0.6 is 0 Å². The van der Waals surface area contributed by atoms with Gasteiger partial charge in [-0.2, -0.15) is 0 Å². The average Bonchev–Trinajstić information content (AvgIpc) is 2.17. The molecule has 1 aliphatic heterocycles. The molecule has 0 aromatic heterocycles. The second kappa shape index (κ2) is 3.67. The SMILES string of the molecule is CC1=C(C)CC2(COCOC2)C(C)C1. The molecule has 0 amide bonds. The van der Waals surface area contributed by atoms with Crippen LogP contribution in [0, 0.1) is 11.3 Å². The summed E-state index contributed by atoms with van der Waals surface area (Å²) in [6.07, 6.45) is 2.36. The summed E-state index contributed by atoms with van der Waals surface area (Å²) in [5.74, 6) is 0.687. The van der Waals surface area contributed by atoms with Gasteiger partial charge in [0.1, 0.15) is 6.79 Å². The fourth-order valence-electron chi connectivity index (χ4n) is 2.68. The zero-order chi connectivity index (χ0) is 10.2. The van der Waals surface area contributed by atoms with E-state index < -0.39 is 0 Å². The lowest BCUT2D eigenvalue weighted by Crippen LogP contribution is -2.44. The summed E-state index contributed by atoms with van der Waals surface area (Å²) in [6.45, 7) is 9.06. The molecule has 2 rings (SSSR count). The summed E-state index contributed by atoms with van der Waals surface area (Å²) in [7, 11) is 0. The van der Waals surface area contributed by atoms with Crippen LogP contribution in [-0.4, -0.2) is 20.0 Å². The lowest BCUT2D eigenvalue weighted by atomic mass is 9.66. The fraction of sp³-hybridized carbons (Fsp3) is 0.833. The maximum absolute atomic E-state index is 5.47. The molecule has 1 heterocycles. The zero-order valence-corrected chi connectivity index (χ0v) is 9.43. The van der Waals surface area contributed by atoms with Crippen molar-refractivity contribution < 1.29 is 9.47 Å². The van der Waals surface area contributed by atoms with Gasteiger partial charge in [-0.05, 0) is 32.6 Å². The van der Waals surface area contributed by atoms with Crippen LogP contribution in [0.4, 0.5) is 0 Å². The summed E-state index contributed by atoms with van der Waals surface area (Å²) in [6, 6.07) is 0. The standard InChI is InChI=1S/C12H20O2/c1-9-4-11(3)12(5-10(9)2)6-13-8-14-7-12/h11H,4-8H2,1-3H3. The Labute approximate surface area is 86.3 Å². The molecule has 2 heteroatoms. The van der Waals surface area contributed by atoms with Gasteiger partial charge in [-0.3, -0.25) is 0 Å². The average molecular weight is 196 g/mol. The molecule has 2 aliphatic rings. The molecule has 0 aromatic carbocycles. The van der Waals surface area contributed by atoms with Crippen LogP contribution in [-0.2, 0) is 9.47 Å². The van der Waals surface area contributed by atoms with Crippen molar-refractivity contribution in [1.82, 2.24) is 0 Å². The van der Waals surface area contributed by atoms with Gasteiger partial charge in [0.2, 0.25) is 0 Å². The third kappa shape index (κ3) is 1.61. The molecule has 2 nitrogen and oxygen atoms in total. The van der Waals surface area contributed by atoms with Crippen LogP contribution in [0.5, 0.6) is 0 Å². The Kier molecular flexibility index (Phi) is 2.67. The molecule has 80 valence electrons. The van der Waals surface area contributed by atoms with Crippen molar-refractivity contribution in [3.05, 3.63) is 11.1 Å². The van der Waals surface area contributed by atoms with E-state index in [9.17, 15) is 0 Å². The highest BCUT2D eigenvalue weighted by Gasteiger charge is 2.41. The maximum atomic E-state index is 5.47. The molecule has 0 bridgehead atoms. The van der Waals surface area contributed by atoms with E-state index in [0.29, 0.717) is 12.7 Å². The number of hydrogen-bond acceptors (Lipinski definition) is 2. The minimum atomic E-state index is 0.266. The van der Waals surface area contributed by atoms with Crippen LogP contribution < -0.4 is 0 Å². The van der Waals surface area contributed by atoms with Gasteiger partial charge in [0.25, 0.3) is 0 Å². The third-order valence-electron chi connectivity index (χ3n) is 3.95. The predicted octanol–water partition coefficient (Wildman–Crippen LogP) is 2.74. The first-order valence-electron chi connectivity index (χ1n) is 5.45. The summed E-state index contributed by atoms with van der Waals surface area (Å²) in [5, 5.41) is 0. The van der Waals surface area contributed by atoms with Gasteiger partial charge >= 0.3 is 0 Å². The first kappa shape index (κ1) is 10.2. The zero-order valence-electron chi connectivity index (χ0n) is 9.43. The Morgan fingerprint density at radius 3 is 2.43 bits per heavy atom. The third-order valence-corrected chi connectivity index (χ3v) is 3.95. The summed E-state index contributed by atoms with van der Waals surface area (Å²) in [4.78, 5) is 0. The first-order valence-corrected chi connectivity index (χ1v) is 5.45. The molecular weight excluding hydrogens is 176 g/mol. The summed E-state index contributed by atoms with van der Waals surface area (Å²) in [5.41, 5.74) is 3.37. The minimum Gasteiger partial charge on any atom is -0.355 e. The van der Waals surface area contributed by atoms with Gasteiger partial charge in [0.05, 0.1) is 13.2 Å². The fourth-order valence-corrected chi connectivity index (χ4v) is 2.68. The highest BCUT2D eigenvalue weighted by Crippen LogP contribution is 2.45. The van der Waals surface area contributed by atoms with Gasteiger partial charge in [0.15, 0.2) is 0 Å². The van der Waals surface area contributed by atoms with Gasteiger partial charge in [-0.1, -0.05) is 18.1 Å². The molecule has 1 fully saturated rings. The van der Waals surface area contributed by atoms with Gasteiger partial charge in [-0.25, -0.2) is 0 Å².